The summed E-state index contributed by atoms with van der Waals surface area (Å²) >= 11 is 5.82. The fraction of sp³-hybridized carbons (Fsp3) is 0.278. The van der Waals surface area contributed by atoms with Crippen molar-refractivity contribution >= 4 is 17.5 Å². The zero-order valence-corrected chi connectivity index (χ0v) is 13.9. The fourth-order valence-electron chi connectivity index (χ4n) is 2.70. The Hall–Kier alpha value is -1.92. The van der Waals surface area contributed by atoms with Crippen LogP contribution in [0, 0.1) is 0 Å². The van der Waals surface area contributed by atoms with Gasteiger partial charge in [0.1, 0.15) is 0 Å². The monoisotopic (exact) mass is 345 g/mol. The summed E-state index contributed by atoms with van der Waals surface area (Å²) in [6.07, 6.45) is 0.262. The summed E-state index contributed by atoms with van der Waals surface area (Å²) in [5.41, 5.74) is 8.73. The Kier molecular flexibility index (Phi) is 5.48. The second-order valence-corrected chi connectivity index (χ2v) is 6.25. The third kappa shape index (κ3) is 4.13. The van der Waals surface area contributed by atoms with Gasteiger partial charge in [-0.05, 0) is 41.8 Å². The highest BCUT2D eigenvalue weighted by molar-refractivity contribution is 6.30. The molecule has 24 heavy (non-hydrogen) atoms. The third-order valence-electron chi connectivity index (χ3n) is 4.12. The van der Waals surface area contributed by atoms with E-state index in [0.717, 1.165) is 24.1 Å². The lowest BCUT2D eigenvalue weighted by Gasteiger charge is -2.13. The molecule has 1 heterocycles. The van der Waals surface area contributed by atoms with Crippen molar-refractivity contribution in [2.75, 3.05) is 13.1 Å². The second kappa shape index (κ2) is 7.77. The van der Waals surface area contributed by atoms with Crippen LogP contribution in [0.3, 0.4) is 0 Å². The van der Waals surface area contributed by atoms with Gasteiger partial charge in [-0.25, -0.2) is 0 Å². The Morgan fingerprint density at radius 1 is 1.21 bits per heavy atom. The van der Waals surface area contributed by atoms with E-state index in [1.54, 1.807) is 36.4 Å². The van der Waals surface area contributed by atoms with Crippen molar-refractivity contribution in [3.63, 3.8) is 0 Å². The molecule has 2 unspecified atom stereocenters. The molecule has 0 aliphatic carbocycles. The Morgan fingerprint density at radius 2 is 1.92 bits per heavy atom. The number of amides is 1. The first-order chi connectivity index (χ1) is 11.6. The molecule has 2 aromatic carbocycles. The smallest absolute Gasteiger partial charge is 0.251 e. The Balaban J connectivity index is 1.55. The molecule has 2 atom stereocenters. The molecule has 6 heteroatoms. The van der Waals surface area contributed by atoms with Crippen molar-refractivity contribution < 1.29 is 9.90 Å². The van der Waals surface area contributed by atoms with E-state index in [1.807, 2.05) is 12.1 Å². The summed E-state index contributed by atoms with van der Waals surface area (Å²) in [7, 11) is 0. The summed E-state index contributed by atoms with van der Waals surface area (Å²) < 4.78 is 0. The van der Waals surface area contributed by atoms with Crippen LogP contribution in [0.2, 0.25) is 5.02 Å². The van der Waals surface area contributed by atoms with E-state index >= 15 is 0 Å². The number of aliphatic hydroxyl groups is 1. The molecule has 0 bridgehead atoms. The van der Waals surface area contributed by atoms with Gasteiger partial charge in [0.2, 0.25) is 0 Å². The molecular formula is C18H20ClN3O2. The van der Waals surface area contributed by atoms with E-state index in [1.165, 1.54) is 0 Å². The summed E-state index contributed by atoms with van der Waals surface area (Å²) in [4.78, 5) is 12.2. The number of nitrogens with one attached hydrogen (secondary N) is 3. The number of carbonyl (C=O) groups excluding carboxylic acids is 1. The van der Waals surface area contributed by atoms with Crippen LogP contribution in [0.1, 0.15) is 40.1 Å². The van der Waals surface area contributed by atoms with Crippen molar-refractivity contribution in [3.05, 3.63) is 70.2 Å². The number of hydrogen-bond acceptors (Lipinski definition) is 4. The predicted octanol–water partition coefficient (Wildman–Crippen LogP) is 2.34. The van der Waals surface area contributed by atoms with E-state index < -0.39 is 6.10 Å². The third-order valence-corrected chi connectivity index (χ3v) is 4.37. The zero-order valence-electron chi connectivity index (χ0n) is 13.1. The quantitative estimate of drug-likeness (QED) is 0.671. The molecule has 0 aromatic heterocycles. The number of hydrogen-bond donors (Lipinski definition) is 4. The number of hydrazine groups is 1. The van der Waals surface area contributed by atoms with Gasteiger partial charge in [-0.1, -0.05) is 35.9 Å². The molecule has 0 spiro atoms. The SMILES string of the molecule is O=C(NCC(O)c1ccc(Cl)cc1)c1ccc(C2CCNN2)cc1. The van der Waals surface area contributed by atoms with Gasteiger partial charge in [-0.2, -0.15) is 0 Å². The number of rotatable bonds is 5. The maximum Gasteiger partial charge on any atom is 0.251 e. The first-order valence-electron chi connectivity index (χ1n) is 7.93. The summed E-state index contributed by atoms with van der Waals surface area (Å²) in [5, 5.41) is 13.5. The molecule has 0 saturated carbocycles. The first kappa shape index (κ1) is 16.9. The van der Waals surface area contributed by atoms with Crippen molar-refractivity contribution in [2.24, 2.45) is 0 Å². The fourth-order valence-corrected chi connectivity index (χ4v) is 2.82. The molecular weight excluding hydrogens is 326 g/mol. The average Bonchev–Trinajstić information content (AvgIpc) is 3.15. The lowest BCUT2D eigenvalue weighted by atomic mass is 10.0. The predicted molar refractivity (Wildman–Crippen MR) is 93.7 cm³/mol. The van der Waals surface area contributed by atoms with Gasteiger partial charge in [-0.15, -0.1) is 0 Å². The van der Waals surface area contributed by atoms with E-state index in [0.29, 0.717) is 10.6 Å². The number of aliphatic hydroxyl groups excluding tert-OH is 1. The van der Waals surface area contributed by atoms with Crippen LogP contribution in [0.15, 0.2) is 48.5 Å². The number of benzene rings is 2. The van der Waals surface area contributed by atoms with Gasteiger partial charge in [-0.3, -0.25) is 15.6 Å². The summed E-state index contributed by atoms with van der Waals surface area (Å²) in [6.45, 7) is 1.09. The average molecular weight is 346 g/mol. The highest BCUT2D eigenvalue weighted by atomic mass is 35.5. The topological polar surface area (TPSA) is 73.4 Å². The van der Waals surface area contributed by atoms with Crippen LogP contribution in [0.4, 0.5) is 0 Å². The number of halogens is 1. The van der Waals surface area contributed by atoms with Crippen LogP contribution in [0.5, 0.6) is 0 Å². The molecule has 1 amide bonds. The van der Waals surface area contributed by atoms with Crippen LogP contribution in [-0.2, 0) is 0 Å². The van der Waals surface area contributed by atoms with Gasteiger partial charge < -0.3 is 10.4 Å². The van der Waals surface area contributed by atoms with Gasteiger partial charge >= 0.3 is 0 Å². The minimum absolute atomic E-state index is 0.149. The van der Waals surface area contributed by atoms with Crippen molar-refractivity contribution in [3.8, 4) is 0 Å². The molecule has 0 radical (unpaired) electrons. The molecule has 5 nitrogen and oxygen atoms in total. The van der Waals surface area contributed by atoms with Crippen molar-refractivity contribution in [1.82, 2.24) is 16.2 Å². The lowest BCUT2D eigenvalue weighted by molar-refractivity contribution is 0.0916. The zero-order chi connectivity index (χ0) is 16.9. The highest BCUT2D eigenvalue weighted by Crippen LogP contribution is 2.19. The molecule has 3 rings (SSSR count). The largest absolute Gasteiger partial charge is 0.387 e. The molecule has 1 aliphatic rings. The van der Waals surface area contributed by atoms with E-state index in [2.05, 4.69) is 16.2 Å². The van der Waals surface area contributed by atoms with E-state index in [9.17, 15) is 9.90 Å². The lowest BCUT2D eigenvalue weighted by Crippen LogP contribution is -2.28. The molecule has 4 N–H and O–H groups in total. The molecule has 2 aromatic rings. The van der Waals surface area contributed by atoms with Crippen LogP contribution >= 0.6 is 11.6 Å². The van der Waals surface area contributed by atoms with Crippen LogP contribution in [0.25, 0.3) is 0 Å². The molecule has 1 aliphatic heterocycles. The Labute approximate surface area is 146 Å². The van der Waals surface area contributed by atoms with Gasteiger partial charge in [0, 0.05) is 29.7 Å². The van der Waals surface area contributed by atoms with Crippen molar-refractivity contribution in [1.29, 1.82) is 0 Å². The maximum absolute atomic E-state index is 12.2. The van der Waals surface area contributed by atoms with Crippen molar-refractivity contribution in [2.45, 2.75) is 18.6 Å². The molecule has 1 saturated heterocycles. The Morgan fingerprint density at radius 3 is 2.54 bits per heavy atom. The minimum atomic E-state index is -0.765. The van der Waals surface area contributed by atoms with Crippen LogP contribution in [-0.4, -0.2) is 24.1 Å². The van der Waals surface area contributed by atoms with Gasteiger partial charge in [0.25, 0.3) is 5.91 Å². The Bertz CT molecular complexity index is 682. The molecule has 126 valence electrons. The highest BCUT2D eigenvalue weighted by Gasteiger charge is 2.16. The van der Waals surface area contributed by atoms with E-state index in [4.69, 9.17) is 11.6 Å². The second-order valence-electron chi connectivity index (χ2n) is 5.81. The maximum atomic E-state index is 12.2. The molecule has 1 fully saturated rings. The minimum Gasteiger partial charge on any atom is -0.387 e. The van der Waals surface area contributed by atoms with Crippen LogP contribution < -0.4 is 16.2 Å². The van der Waals surface area contributed by atoms with Gasteiger partial charge in [0.15, 0.2) is 0 Å². The van der Waals surface area contributed by atoms with Gasteiger partial charge in [0.05, 0.1) is 6.10 Å². The first-order valence-corrected chi connectivity index (χ1v) is 8.31. The summed E-state index contributed by atoms with van der Waals surface area (Å²) in [5.74, 6) is -0.202. The normalized spacial score (nSPS) is 18.3. The number of carbonyl (C=O) groups is 1. The summed E-state index contributed by atoms with van der Waals surface area (Å²) in [6, 6.07) is 14.7. The van der Waals surface area contributed by atoms with E-state index in [-0.39, 0.29) is 18.5 Å². The standard InChI is InChI=1S/C18H20ClN3O2/c19-15-7-5-13(6-8-15)17(23)11-20-18(24)14-3-1-12(2-4-14)16-9-10-21-22-16/h1-8,16-17,21-23H,9-11H2,(H,20,24).